The second kappa shape index (κ2) is 6.80. The fourth-order valence-corrected chi connectivity index (χ4v) is 2.85. The molecule has 1 amide bonds. The second-order valence-electron chi connectivity index (χ2n) is 5.80. The summed E-state index contributed by atoms with van der Waals surface area (Å²) in [6.07, 6.45) is 2.70. The lowest BCUT2D eigenvalue weighted by Gasteiger charge is -2.33. The fraction of sp³-hybridized carbons (Fsp3) is 0.833. The quantitative estimate of drug-likeness (QED) is 0.502. The first-order chi connectivity index (χ1) is 9.12. The van der Waals surface area contributed by atoms with Crippen LogP contribution in [0, 0.1) is 11.8 Å². The van der Waals surface area contributed by atoms with Crippen LogP contribution in [0.25, 0.3) is 0 Å². The monoisotopic (exact) mass is 306 g/mol. The lowest BCUT2D eigenvalue weighted by atomic mass is 9.80. The molecule has 1 saturated carbocycles. The highest BCUT2D eigenvalue weighted by molar-refractivity contribution is 7.70. The van der Waals surface area contributed by atoms with Gasteiger partial charge in [-0.05, 0) is 31.1 Å². The number of carbonyl (C=O) groups is 2. The van der Waals surface area contributed by atoms with E-state index < -0.39 is 31.1 Å². The van der Waals surface area contributed by atoms with E-state index in [1.54, 1.807) is 0 Å². The number of nitrogens with one attached hydrogen (secondary N) is 1. The van der Waals surface area contributed by atoms with Crippen molar-refractivity contribution < 1.29 is 23.9 Å². The van der Waals surface area contributed by atoms with Crippen molar-refractivity contribution >= 4 is 19.0 Å². The Balaban J connectivity index is 2.73. The molecule has 116 valence electrons. The van der Waals surface area contributed by atoms with E-state index in [-0.39, 0.29) is 11.8 Å². The summed E-state index contributed by atoms with van der Waals surface area (Å²) in [6, 6.07) is -1.91. The van der Waals surface area contributed by atoms with Gasteiger partial charge in [-0.25, -0.2) is 0 Å². The molecule has 0 aliphatic heterocycles. The molecule has 8 heteroatoms. The van der Waals surface area contributed by atoms with Gasteiger partial charge < -0.3 is 20.8 Å². The van der Waals surface area contributed by atoms with E-state index in [4.69, 9.17) is 15.5 Å². The Labute approximate surface area is 118 Å². The normalized spacial score (nSPS) is 19.3. The van der Waals surface area contributed by atoms with Crippen LogP contribution < -0.4 is 11.1 Å². The van der Waals surface area contributed by atoms with Crippen molar-refractivity contribution in [2.75, 3.05) is 0 Å². The lowest BCUT2D eigenvalue weighted by molar-refractivity contribution is -0.128. The Bertz CT molecular complexity index is 416. The van der Waals surface area contributed by atoms with Gasteiger partial charge in [0.1, 0.15) is 6.04 Å². The summed E-state index contributed by atoms with van der Waals surface area (Å²) >= 11 is 0. The van der Waals surface area contributed by atoms with Crippen LogP contribution in [0.3, 0.4) is 0 Å². The highest BCUT2D eigenvalue weighted by Gasteiger charge is 2.42. The van der Waals surface area contributed by atoms with E-state index in [0.29, 0.717) is 19.3 Å². The predicted octanol–water partition coefficient (Wildman–Crippen LogP) is 0.349. The highest BCUT2D eigenvalue weighted by Crippen LogP contribution is 2.42. The lowest BCUT2D eigenvalue weighted by Crippen LogP contribution is -2.52. The van der Waals surface area contributed by atoms with Crippen molar-refractivity contribution in [3.05, 3.63) is 0 Å². The first-order valence-electron chi connectivity index (χ1n) is 6.78. The van der Waals surface area contributed by atoms with Crippen LogP contribution in [0.1, 0.15) is 39.5 Å². The maximum absolute atomic E-state index is 11.9. The third-order valence-electron chi connectivity index (χ3n) is 3.53. The maximum Gasteiger partial charge on any atom is 0.393 e. The first-order valence-corrected chi connectivity index (χ1v) is 8.40. The van der Waals surface area contributed by atoms with Gasteiger partial charge in [-0.15, -0.1) is 0 Å². The van der Waals surface area contributed by atoms with E-state index in [0.717, 1.165) is 6.42 Å². The van der Waals surface area contributed by atoms with E-state index in [1.807, 2.05) is 13.8 Å². The maximum atomic E-state index is 11.9. The standard InChI is InChI=1S/C12H23N2O5P/c1-7(2)6-9(13)11(15)14-10(8-4-3-5-8)12(16)20(17,18)19/h7-10H,3-6,13H2,1-2H3,(H,14,15)(H2,17,18,19)/t9-,10-/m0/s1. The zero-order valence-corrected chi connectivity index (χ0v) is 12.7. The van der Waals surface area contributed by atoms with Crippen LogP contribution in [-0.4, -0.2) is 33.3 Å². The van der Waals surface area contributed by atoms with E-state index in [9.17, 15) is 14.2 Å². The molecule has 0 saturated heterocycles. The third-order valence-corrected chi connectivity index (χ3v) is 4.39. The minimum absolute atomic E-state index is 0.203. The van der Waals surface area contributed by atoms with E-state index >= 15 is 0 Å². The Hall–Kier alpha value is -0.750. The second-order valence-corrected chi connectivity index (χ2v) is 7.32. The van der Waals surface area contributed by atoms with Crippen molar-refractivity contribution in [1.29, 1.82) is 0 Å². The molecule has 2 atom stereocenters. The van der Waals surface area contributed by atoms with Gasteiger partial charge in [0.15, 0.2) is 0 Å². The van der Waals surface area contributed by atoms with Crippen molar-refractivity contribution in [1.82, 2.24) is 5.32 Å². The van der Waals surface area contributed by atoms with Crippen LogP contribution in [0.4, 0.5) is 0 Å². The number of nitrogens with two attached hydrogens (primary N) is 1. The average molecular weight is 306 g/mol. The Morgan fingerprint density at radius 1 is 1.35 bits per heavy atom. The molecule has 0 unspecified atom stereocenters. The molecule has 1 aliphatic carbocycles. The van der Waals surface area contributed by atoms with Crippen LogP contribution in [0.2, 0.25) is 0 Å². The van der Waals surface area contributed by atoms with Crippen LogP contribution in [0.5, 0.6) is 0 Å². The average Bonchev–Trinajstić information content (AvgIpc) is 2.22. The number of rotatable bonds is 7. The molecule has 1 aliphatic rings. The van der Waals surface area contributed by atoms with Crippen LogP contribution in [0.15, 0.2) is 0 Å². The van der Waals surface area contributed by atoms with Crippen LogP contribution in [-0.2, 0) is 14.2 Å². The van der Waals surface area contributed by atoms with Crippen LogP contribution >= 0.6 is 7.60 Å². The largest absolute Gasteiger partial charge is 0.393 e. The zero-order chi connectivity index (χ0) is 15.5. The van der Waals surface area contributed by atoms with Gasteiger partial charge >= 0.3 is 7.60 Å². The summed E-state index contributed by atoms with van der Waals surface area (Å²) in [7, 11) is -4.85. The van der Waals surface area contributed by atoms with E-state index in [2.05, 4.69) is 5.32 Å². The fourth-order valence-electron chi connectivity index (χ4n) is 2.21. The van der Waals surface area contributed by atoms with Gasteiger partial charge in [0.05, 0.1) is 6.04 Å². The molecule has 0 aromatic carbocycles. The number of hydrogen-bond acceptors (Lipinski definition) is 4. The minimum Gasteiger partial charge on any atom is -0.344 e. The van der Waals surface area contributed by atoms with Crippen molar-refractivity contribution in [2.45, 2.75) is 51.6 Å². The Morgan fingerprint density at radius 2 is 1.90 bits per heavy atom. The summed E-state index contributed by atoms with van der Waals surface area (Å²) in [5.41, 5.74) is 4.50. The van der Waals surface area contributed by atoms with Gasteiger partial charge in [-0.3, -0.25) is 14.2 Å². The highest BCUT2D eigenvalue weighted by atomic mass is 31.2. The molecule has 0 heterocycles. The van der Waals surface area contributed by atoms with Gasteiger partial charge in [0, 0.05) is 0 Å². The third kappa shape index (κ3) is 4.66. The topological polar surface area (TPSA) is 130 Å². The zero-order valence-electron chi connectivity index (χ0n) is 11.8. The van der Waals surface area contributed by atoms with E-state index in [1.165, 1.54) is 0 Å². The predicted molar refractivity (Wildman–Crippen MR) is 73.8 cm³/mol. The van der Waals surface area contributed by atoms with Crippen molar-refractivity contribution in [3.8, 4) is 0 Å². The molecule has 1 fully saturated rings. The first kappa shape index (κ1) is 17.3. The number of carbonyl (C=O) groups excluding carboxylic acids is 2. The molecule has 1 rings (SSSR count). The molecular formula is C12H23N2O5P. The summed E-state index contributed by atoms with van der Waals surface area (Å²) in [5, 5.41) is 2.42. The molecule has 7 nitrogen and oxygen atoms in total. The van der Waals surface area contributed by atoms with Gasteiger partial charge in [-0.2, -0.15) is 0 Å². The SMILES string of the molecule is CC(C)C[C@H](N)C(=O)N[C@H](C(=O)P(=O)(O)O)C1CCC1. The van der Waals surface area contributed by atoms with Crippen molar-refractivity contribution in [2.24, 2.45) is 17.6 Å². The van der Waals surface area contributed by atoms with Gasteiger partial charge in [0.2, 0.25) is 5.91 Å². The van der Waals surface area contributed by atoms with Gasteiger partial charge in [0.25, 0.3) is 5.52 Å². The molecule has 0 radical (unpaired) electrons. The van der Waals surface area contributed by atoms with Crippen molar-refractivity contribution in [3.63, 3.8) is 0 Å². The summed E-state index contributed by atoms with van der Waals surface area (Å²) in [5.74, 6) is -0.516. The molecular weight excluding hydrogens is 283 g/mol. The molecule has 0 bridgehead atoms. The summed E-state index contributed by atoms with van der Waals surface area (Å²) in [4.78, 5) is 41.7. The smallest absolute Gasteiger partial charge is 0.344 e. The summed E-state index contributed by atoms with van der Waals surface area (Å²) in [6.45, 7) is 3.83. The molecule has 0 aromatic heterocycles. The van der Waals surface area contributed by atoms with Gasteiger partial charge in [-0.1, -0.05) is 20.3 Å². The molecule has 0 aromatic rings. The Kier molecular flexibility index (Phi) is 5.89. The number of hydrogen-bond donors (Lipinski definition) is 4. The minimum atomic E-state index is -4.85. The Morgan fingerprint density at radius 3 is 2.25 bits per heavy atom. The number of amides is 1. The summed E-state index contributed by atoms with van der Waals surface area (Å²) < 4.78 is 11.1. The molecule has 5 N–H and O–H groups in total. The molecule has 0 spiro atoms. The molecule has 20 heavy (non-hydrogen) atoms.